The standard InChI is InChI=1S/C10H14N6O/c1-3-4-16-10(14-6-15-16)7-8(17-2)9(11)13-5-12-7/h5-6H,3-4H2,1-2H3,(H2,11,12,13). The molecule has 0 atom stereocenters. The summed E-state index contributed by atoms with van der Waals surface area (Å²) in [4.78, 5) is 12.2. The fourth-order valence-electron chi connectivity index (χ4n) is 1.57. The van der Waals surface area contributed by atoms with Gasteiger partial charge in [0.2, 0.25) is 0 Å². The highest BCUT2D eigenvalue weighted by Crippen LogP contribution is 2.29. The fraction of sp³-hybridized carbons (Fsp3) is 0.400. The van der Waals surface area contributed by atoms with E-state index in [1.54, 1.807) is 4.68 Å². The molecule has 7 heteroatoms. The lowest BCUT2D eigenvalue weighted by Crippen LogP contribution is -2.06. The Hall–Kier alpha value is -2.18. The van der Waals surface area contributed by atoms with E-state index in [1.807, 2.05) is 0 Å². The second kappa shape index (κ2) is 4.77. The second-order valence-electron chi connectivity index (χ2n) is 3.45. The first-order chi connectivity index (χ1) is 8.27. The molecule has 0 aliphatic carbocycles. The Labute approximate surface area is 98.7 Å². The topological polar surface area (TPSA) is 91.7 Å². The van der Waals surface area contributed by atoms with Crippen LogP contribution >= 0.6 is 0 Å². The van der Waals surface area contributed by atoms with E-state index in [1.165, 1.54) is 19.8 Å². The van der Waals surface area contributed by atoms with Crippen molar-refractivity contribution in [1.29, 1.82) is 0 Å². The Morgan fingerprint density at radius 1 is 1.29 bits per heavy atom. The van der Waals surface area contributed by atoms with Crippen LogP contribution in [-0.2, 0) is 6.54 Å². The summed E-state index contributed by atoms with van der Waals surface area (Å²) in [5.41, 5.74) is 6.29. The molecule has 0 fully saturated rings. The van der Waals surface area contributed by atoms with Crippen LogP contribution in [0.2, 0.25) is 0 Å². The van der Waals surface area contributed by atoms with E-state index in [-0.39, 0.29) is 0 Å². The van der Waals surface area contributed by atoms with Crippen molar-refractivity contribution in [3.05, 3.63) is 12.7 Å². The maximum absolute atomic E-state index is 5.73. The first-order valence-electron chi connectivity index (χ1n) is 5.30. The highest BCUT2D eigenvalue weighted by molar-refractivity contribution is 5.66. The van der Waals surface area contributed by atoms with Gasteiger partial charge in [0.1, 0.15) is 12.7 Å². The lowest BCUT2D eigenvalue weighted by Gasteiger charge is -2.09. The average molecular weight is 234 g/mol. The van der Waals surface area contributed by atoms with E-state index < -0.39 is 0 Å². The van der Waals surface area contributed by atoms with Crippen molar-refractivity contribution < 1.29 is 4.74 Å². The third-order valence-electron chi connectivity index (χ3n) is 2.30. The summed E-state index contributed by atoms with van der Waals surface area (Å²) in [7, 11) is 1.53. The SMILES string of the molecule is CCCn1ncnc1-c1ncnc(N)c1OC. The van der Waals surface area contributed by atoms with E-state index in [2.05, 4.69) is 27.0 Å². The molecule has 0 spiro atoms. The molecule has 0 amide bonds. The number of rotatable bonds is 4. The summed E-state index contributed by atoms with van der Waals surface area (Å²) in [6.45, 7) is 2.83. The molecule has 90 valence electrons. The first-order valence-corrected chi connectivity index (χ1v) is 5.30. The van der Waals surface area contributed by atoms with Gasteiger partial charge < -0.3 is 10.5 Å². The zero-order chi connectivity index (χ0) is 12.3. The summed E-state index contributed by atoms with van der Waals surface area (Å²) in [5.74, 6) is 1.36. The largest absolute Gasteiger partial charge is 0.491 e. The Kier molecular flexibility index (Phi) is 3.17. The predicted octanol–water partition coefficient (Wildman–Crippen LogP) is 0.736. The van der Waals surface area contributed by atoms with Crippen molar-refractivity contribution in [2.45, 2.75) is 19.9 Å². The van der Waals surface area contributed by atoms with E-state index in [0.717, 1.165) is 13.0 Å². The highest BCUT2D eigenvalue weighted by Gasteiger charge is 2.16. The van der Waals surface area contributed by atoms with Gasteiger partial charge in [0.05, 0.1) is 7.11 Å². The van der Waals surface area contributed by atoms with Crippen LogP contribution in [0, 0.1) is 0 Å². The normalized spacial score (nSPS) is 10.5. The van der Waals surface area contributed by atoms with Crippen LogP contribution in [0.15, 0.2) is 12.7 Å². The third-order valence-corrected chi connectivity index (χ3v) is 2.30. The van der Waals surface area contributed by atoms with Crippen LogP contribution in [0.3, 0.4) is 0 Å². The van der Waals surface area contributed by atoms with Gasteiger partial charge in [-0.15, -0.1) is 0 Å². The maximum atomic E-state index is 5.73. The minimum absolute atomic E-state index is 0.295. The Morgan fingerprint density at radius 3 is 2.82 bits per heavy atom. The molecule has 2 aromatic heterocycles. The van der Waals surface area contributed by atoms with E-state index in [9.17, 15) is 0 Å². The predicted molar refractivity (Wildman–Crippen MR) is 62.3 cm³/mol. The number of methoxy groups -OCH3 is 1. The van der Waals surface area contributed by atoms with E-state index in [0.29, 0.717) is 23.1 Å². The van der Waals surface area contributed by atoms with Gasteiger partial charge in [-0.25, -0.2) is 19.6 Å². The fourth-order valence-corrected chi connectivity index (χ4v) is 1.57. The number of hydrogen-bond donors (Lipinski definition) is 1. The molecule has 7 nitrogen and oxygen atoms in total. The number of aryl methyl sites for hydroxylation is 1. The summed E-state index contributed by atoms with van der Waals surface area (Å²) >= 11 is 0. The number of aromatic nitrogens is 5. The molecule has 0 bridgehead atoms. The van der Waals surface area contributed by atoms with Crippen LogP contribution in [0.4, 0.5) is 5.82 Å². The van der Waals surface area contributed by atoms with Crippen molar-refractivity contribution in [3.63, 3.8) is 0 Å². The number of nitrogen functional groups attached to an aromatic ring is 1. The summed E-state index contributed by atoms with van der Waals surface area (Å²) in [6, 6.07) is 0. The maximum Gasteiger partial charge on any atom is 0.190 e. The van der Waals surface area contributed by atoms with E-state index >= 15 is 0 Å². The number of ether oxygens (including phenoxy) is 1. The molecule has 0 radical (unpaired) electrons. The molecule has 2 heterocycles. The molecule has 0 saturated heterocycles. The summed E-state index contributed by atoms with van der Waals surface area (Å²) in [6.07, 6.45) is 3.83. The van der Waals surface area contributed by atoms with Crippen molar-refractivity contribution in [2.24, 2.45) is 0 Å². The van der Waals surface area contributed by atoms with Crippen molar-refractivity contribution in [2.75, 3.05) is 12.8 Å². The van der Waals surface area contributed by atoms with Crippen LogP contribution in [0.1, 0.15) is 13.3 Å². The molecule has 0 aliphatic heterocycles. The zero-order valence-electron chi connectivity index (χ0n) is 9.79. The van der Waals surface area contributed by atoms with Gasteiger partial charge in [0.15, 0.2) is 23.1 Å². The molecular weight excluding hydrogens is 220 g/mol. The van der Waals surface area contributed by atoms with Gasteiger partial charge in [-0.3, -0.25) is 0 Å². The van der Waals surface area contributed by atoms with Gasteiger partial charge in [-0.2, -0.15) is 5.10 Å². The van der Waals surface area contributed by atoms with Crippen LogP contribution < -0.4 is 10.5 Å². The summed E-state index contributed by atoms with van der Waals surface area (Å²) in [5, 5.41) is 4.14. The Bertz CT molecular complexity index is 509. The monoisotopic (exact) mass is 234 g/mol. The molecule has 2 rings (SSSR count). The van der Waals surface area contributed by atoms with Gasteiger partial charge in [-0.1, -0.05) is 6.92 Å². The average Bonchev–Trinajstić information content (AvgIpc) is 2.77. The number of nitrogens with zero attached hydrogens (tertiary/aromatic N) is 5. The number of hydrogen-bond acceptors (Lipinski definition) is 6. The van der Waals surface area contributed by atoms with Gasteiger partial charge >= 0.3 is 0 Å². The number of nitrogens with two attached hydrogens (primary N) is 1. The molecule has 0 saturated carbocycles. The van der Waals surface area contributed by atoms with Crippen LogP contribution in [0.5, 0.6) is 5.75 Å². The van der Waals surface area contributed by atoms with Gasteiger partial charge in [0.25, 0.3) is 0 Å². The lowest BCUT2D eigenvalue weighted by molar-refractivity contribution is 0.414. The molecule has 0 unspecified atom stereocenters. The third kappa shape index (κ3) is 2.03. The second-order valence-corrected chi connectivity index (χ2v) is 3.45. The van der Waals surface area contributed by atoms with Gasteiger partial charge in [-0.05, 0) is 6.42 Å². The molecule has 2 aromatic rings. The first kappa shape index (κ1) is 11.3. The van der Waals surface area contributed by atoms with Crippen molar-refractivity contribution >= 4 is 5.82 Å². The van der Waals surface area contributed by atoms with Gasteiger partial charge in [0, 0.05) is 6.54 Å². The van der Waals surface area contributed by atoms with Crippen molar-refractivity contribution in [1.82, 2.24) is 24.7 Å². The molecule has 0 aromatic carbocycles. The minimum atomic E-state index is 0.295. The molecule has 17 heavy (non-hydrogen) atoms. The smallest absolute Gasteiger partial charge is 0.190 e. The highest BCUT2D eigenvalue weighted by atomic mass is 16.5. The van der Waals surface area contributed by atoms with Crippen molar-refractivity contribution in [3.8, 4) is 17.3 Å². The number of anilines is 1. The molecule has 2 N–H and O–H groups in total. The Balaban J connectivity index is 2.52. The molecular formula is C10H14N6O. The zero-order valence-corrected chi connectivity index (χ0v) is 9.79. The van der Waals surface area contributed by atoms with Crippen LogP contribution in [-0.4, -0.2) is 31.8 Å². The summed E-state index contributed by atoms with van der Waals surface area (Å²) < 4.78 is 6.97. The lowest BCUT2D eigenvalue weighted by atomic mass is 10.3. The Morgan fingerprint density at radius 2 is 2.12 bits per heavy atom. The quantitative estimate of drug-likeness (QED) is 0.838. The van der Waals surface area contributed by atoms with E-state index in [4.69, 9.17) is 10.5 Å². The minimum Gasteiger partial charge on any atom is -0.491 e. The van der Waals surface area contributed by atoms with Crippen LogP contribution in [0.25, 0.3) is 11.5 Å². The molecule has 0 aliphatic rings.